The van der Waals surface area contributed by atoms with Gasteiger partial charge < -0.3 is 15.3 Å². The second-order valence-corrected chi connectivity index (χ2v) is 7.10. The standard InChI is InChI=1S/C16H26N2O3/c19-15(20)12-6-4-11(5-7-12)8-17-16(21)18-9-13-2-1-3-14(13)10-18/h11-14H,1-10H2,(H,17,21)(H,19,20). The van der Waals surface area contributed by atoms with Crippen molar-refractivity contribution >= 4 is 12.0 Å². The number of fused-ring (bicyclic) bond motifs is 1. The molecule has 118 valence electrons. The van der Waals surface area contributed by atoms with Crippen LogP contribution in [0.2, 0.25) is 0 Å². The summed E-state index contributed by atoms with van der Waals surface area (Å²) in [6.07, 6.45) is 7.25. The second kappa shape index (κ2) is 6.24. The van der Waals surface area contributed by atoms with Gasteiger partial charge in [-0.15, -0.1) is 0 Å². The van der Waals surface area contributed by atoms with E-state index in [-0.39, 0.29) is 11.9 Å². The van der Waals surface area contributed by atoms with Crippen molar-refractivity contribution < 1.29 is 14.7 Å². The molecule has 0 radical (unpaired) electrons. The number of likely N-dealkylation sites (tertiary alicyclic amines) is 1. The maximum Gasteiger partial charge on any atom is 0.317 e. The van der Waals surface area contributed by atoms with Crippen LogP contribution in [0, 0.1) is 23.7 Å². The van der Waals surface area contributed by atoms with Crippen LogP contribution < -0.4 is 5.32 Å². The molecule has 1 saturated heterocycles. The Hall–Kier alpha value is -1.26. The van der Waals surface area contributed by atoms with Crippen LogP contribution in [0.25, 0.3) is 0 Å². The quantitative estimate of drug-likeness (QED) is 0.839. The van der Waals surface area contributed by atoms with Crippen molar-refractivity contribution in [3.63, 3.8) is 0 Å². The van der Waals surface area contributed by atoms with Gasteiger partial charge in [-0.2, -0.15) is 0 Å². The van der Waals surface area contributed by atoms with Crippen LogP contribution >= 0.6 is 0 Å². The molecular weight excluding hydrogens is 268 g/mol. The topological polar surface area (TPSA) is 69.6 Å². The van der Waals surface area contributed by atoms with Gasteiger partial charge in [0, 0.05) is 19.6 Å². The van der Waals surface area contributed by atoms with Crippen molar-refractivity contribution in [3.8, 4) is 0 Å². The fraction of sp³-hybridized carbons (Fsp3) is 0.875. The van der Waals surface area contributed by atoms with Crippen LogP contribution in [0.1, 0.15) is 44.9 Å². The maximum absolute atomic E-state index is 12.2. The van der Waals surface area contributed by atoms with Gasteiger partial charge in [-0.1, -0.05) is 6.42 Å². The van der Waals surface area contributed by atoms with Gasteiger partial charge in [-0.25, -0.2) is 4.79 Å². The van der Waals surface area contributed by atoms with Gasteiger partial charge in [-0.3, -0.25) is 4.79 Å². The normalized spacial score (nSPS) is 35.5. The molecule has 2 unspecified atom stereocenters. The van der Waals surface area contributed by atoms with Gasteiger partial charge in [-0.05, 0) is 56.3 Å². The smallest absolute Gasteiger partial charge is 0.317 e. The summed E-state index contributed by atoms with van der Waals surface area (Å²) < 4.78 is 0. The zero-order valence-electron chi connectivity index (χ0n) is 12.6. The minimum Gasteiger partial charge on any atom is -0.481 e. The Morgan fingerprint density at radius 1 is 1.00 bits per heavy atom. The van der Waals surface area contributed by atoms with Crippen molar-refractivity contribution in [2.24, 2.45) is 23.7 Å². The number of hydrogen-bond acceptors (Lipinski definition) is 2. The lowest BCUT2D eigenvalue weighted by Crippen LogP contribution is -2.41. The number of rotatable bonds is 3. The van der Waals surface area contributed by atoms with E-state index >= 15 is 0 Å². The molecule has 3 aliphatic rings. The average Bonchev–Trinajstić information content (AvgIpc) is 3.06. The van der Waals surface area contributed by atoms with E-state index in [2.05, 4.69) is 5.32 Å². The molecule has 5 heteroatoms. The molecule has 5 nitrogen and oxygen atoms in total. The fourth-order valence-corrected chi connectivity index (χ4v) is 4.36. The number of urea groups is 1. The molecule has 0 aromatic heterocycles. The molecule has 1 heterocycles. The lowest BCUT2D eigenvalue weighted by molar-refractivity contribution is -0.143. The van der Waals surface area contributed by atoms with E-state index < -0.39 is 5.97 Å². The summed E-state index contributed by atoms with van der Waals surface area (Å²) in [6, 6.07) is 0.0877. The summed E-state index contributed by atoms with van der Waals surface area (Å²) in [5.74, 6) is 1.09. The number of carbonyl (C=O) groups excluding carboxylic acids is 1. The Bertz CT molecular complexity index is 392. The molecule has 2 saturated carbocycles. The zero-order chi connectivity index (χ0) is 14.8. The number of carboxylic acids is 1. The summed E-state index contributed by atoms with van der Waals surface area (Å²) in [5, 5.41) is 12.1. The first-order valence-electron chi connectivity index (χ1n) is 8.39. The summed E-state index contributed by atoms with van der Waals surface area (Å²) in [6.45, 7) is 2.57. The minimum atomic E-state index is -0.666. The third-order valence-corrected chi connectivity index (χ3v) is 5.75. The van der Waals surface area contributed by atoms with Gasteiger partial charge >= 0.3 is 12.0 Å². The van der Waals surface area contributed by atoms with Crippen molar-refractivity contribution in [2.75, 3.05) is 19.6 Å². The number of amides is 2. The number of aliphatic carboxylic acids is 1. The highest BCUT2D eigenvalue weighted by atomic mass is 16.4. The first kappa shape index (κ1) is 14.7. The van der Waals surface area contributed by atoms with Crippen LogP contribution in [-0.4, -0.2) is 41.6 Å². The third kappa shape index (κ3) is 3.33. The highest BCUT2D eigenvalue weighted by Gasteiger charge is 2.38. The number of nitrogens with zero attached hydrogens (tertiary/aromatic N) is 1. The Morgan fingerprint density at radius 2 is 1.62 bits per heavy atom. The number of carboxylic acid groups (broad SMARTS) is 1. The van der Waals surface area contributed by atoms with Gasteiger partial charge in [0.2, 0.25) is 0 Å². The summed E-state index contributed by atoms with van der Waals surface area (Å²) >= 11 is 0. The predicted molar refractivity (Wildman–Crippen MR) is 78.9 cm³/mol. The first-order chi connectivity index (χ1) is 10.1. The Morgan fingerprint density at radius 3 is 2.19 bits per heavy atom. The monoisotopic (exact) mass is 294 g/mol. The predicted octanol–water partition coefficient (Wildman–Crippen LogP) is 2.32. The molecule has 0 aromatic carbocycles. The van der Waals surface area contributed by atoms with Crippen LogP contribution in [0.5, 0.6) is 0 Å². The molecule has 2 N–H and O–H groups in total. The average molecular weight is 294 g/mol. The molecular formula is C16H26N2O3. The number of carbonyl (C=O) groups is 2. The van der Waals surface area contributed by atoms with Gasteiger partial charge in [0.05, 0.1) is 5.92 Å². The zero-order valence-corrected chi connectivity index (χ0v) is 12.6. The van der Waals surface area contributed by atoms with Gasteiger partial charge in [0.1, 0.15) is 0 Å². The number of nitrogens with one attached hydrogen (secondary N) is 1. The van der Waals surface area contributed by atoms with E-state index in [1.807, 2.05) is 4.90 Å². The van der Waals surface area contributed by atoms with Crippen LogP contribution in [0.3, 0.4) is 0 Å². The van der Waals surface area contributed by atoms with Crippen molar-refractivity contribution in [1.82, 2.24) is 10.2 Å². The van der Waals surface area contributed by atoms with E-state index in [4.69, 9.17) is 5.11 Å². The highest BCUT2D eigenvalue weighted by Crippen LogP contribution is 2.37. The molecule has 0 bridgehead atoms. The molecule has 0 spiro atoms. The van der Waals surface area contributed by atoms with Crippen molar-refractivity contribution in [2.45, 2.75) is 44.9 Å². The second-order valence-electron chi connectivity index (χ2n) is 7.10. The highest BCUT2D eigenvalue weighted by molar-refractivity contribution is 5.74. The lowest BCUT2D eigenvalue weighted by Gasteiger charge is -2.27. The maximum atomic E-state index is 12.2. The van der Waals surface area contributed by atoms with Crippen LogP contribution in [0.15, 0.2) is 0 Å². The SMILES string of the molecule is O=C(O)C1CCC(CNC(=O)N2CC3CCCC3C2)CC1. The number of hydrogen-bond donors (Lipinski definition) is 2. The summed E-state index contributed by atoms with van der Waals surface area (Å²) in [5.41, 5.74) is 0. The molecule has 3 rings (SSSR count). The Balaban J connectivity index is 1.38. The van der Waals surface area contributed by atoms with Crippen LogP contribution in [-0.2, 0) is 4.79 Å². The van der Waals surface area contributed by atoms with Gasteiger partial charge in [0.25, 0.3) is 0 Å². The minimum absolute atomic E-state index is 0.0877. The molecule has 1 aliphatic heterocycles. The van der Waals surface area contributed by atoms with Crippen molar-refractivity contribution in [1.29, 1.82) is 0 Å². The fourth-order valence-electron chi connectivity index (χ4n) is 4.36. The Kier molecular flexibility index (Phi) is 4.36. The first-order valence-corrected chi connectivity index (χ1v) is 8.39. The molecule has 3 fully saturated rings. The van der Waals surface area contributed by atoms with E-state index in [1.165, 1.54) is 19.3 Å². The lowest BCUT2D eigenvalue weighted by atomic mass is 9.82. The summed E-state index contributed by atoms with van der Waals surface area (Å²) in [4.78, 5) is 25.1. The van der Waals surface area contributed by atoms with Crippen LogP contribution in [0.4, 0.5) is 4.79 Å². The van der Waals surface area contributed by atoms with Gasteiger partial charge in [0.15, 0.2) is 0 Å². The molecule has 0 aromatic rings. The summed E-state index contributed by atoms with van der Waals surface area (Å²) in [7, 11) is 0. The van der Waals surface area contributed by atoms with E-state index in [9.17, 15) is 9.59 Å². The third-order valence-electron chi connectivity index (χ3n) is 5.75. The Labute approximate surface area is 126 Å². The van der Waals surface area contributed by atoms with E-state index in [0.717, 1.165) is 50.6 Å². The molecule has 2 atom stereocenters. The molecule has 2 aliphatic carbocycles. The van der Waals surface area contributed by atoms with E-state index in [1.54, 1.807) is 0 Å². The van der Waals surface area contributed by atoms with Crippen molar-refractivity contribution in [3.05, 3.63) is 0 Å². The molecule has 21 heavy (non-hydrogen) atoms. The molecule has 2 amide bonds. The largest absolute Gasteiger partial charge is 0.481 e. The van der Waals surface area contributed by atoms with E-state index in [0.29, 0.717) is 12.5 Å².